The van der Waals surface area contributed by atoms with Crippen LogP contribution in [0.15, 0.2) is 4.52 Å². The lowest BCUT2D eigenvalue weighted by Gasteiger charge is -2.35. The molecule has 0 saturated carbocycles. The number of carboxylic acids is 1. The lowest BCUT2D eigenvalue weighted by molar-refractivity contribution is -0.146. The lowest BCUT2D eigenvalue weighted by atomic mass is 10.0. The number of carbonyl (C=O) groups excluding carboxylic acids is 1. The van der Waals surface area contributed by atoms with E-state index in [1.54, 1.807) is 6.92 Å². The SMILES string of the molecule is Cc1nc(C(=O)N2CC(C(=O)O)C2)no1. The van der Waals surface area contributed by atoms with Gasteiger partial charge in [0.05, 0.1) is 5.92 Å². The first-order valence-electron chi connectivity index (χ1n) is 4.40. The van der Waals surface area contributed by atoms with Crippen molar-refractivity contribution in [2.45, 2.75) is 6.92 Å². The molecule has 0 atom stereocenters. The minimum atomic E-state index is -0.886. The second-order valence-corrected chi connectivity index (χ2v) is 3.38. The summed E-state index contributed by atoms with van der Waals surface area (Å²) in [6, 6.07) is 0. The summed E-state index contributed by atoms with van der Waals surface area (Å²) in [5.74, 6) is -1.44. The number of rotatable bonds is 2. The van der Waals surface area contributed by atoms with Crippen molar-refractivity contribution in [3.63, 3.8) is 0 Å². The average molecular weight is 211 g/mol. The Bertz CT molecular complexity index is 408. The van der Waals surface area contributed by atoms with E-state index in [9.17, 15) is 9.59 Å². The van der Waals surface area contributed by atoms with Gasteiger partial charge >= 0.3 is 5.97 Å². The van der Waals surface area contributed by atoms with Crippen LogP contribution in [0.25, 0.3) is 0 Å². The number of hydrogen-bond donors (Lipinski definition) is 1. The number of carboxylic acid groups (broad SMARTS) is 1. The summed E-state index contributed by atoms with van der Waals surface area (Å²) < 4.78 is 4.65. The molecule has 0 radical (unpaired) electrons. The second kappa shape index (κ2) is 3.34. The number of likely N-dealkylation sites (tertiary alicyclic amines) is 1. The van der Waals surface area contributed by atoms with Gasteiger partial charge < -0.3 is 14.5 Å². The topological polar surface area (TPSA) is 96.5 Å². The highest BCUT2D eigenvalue weighted by Crippen LogP contribution is 2.17. The standard InChI is InChI=1S/C8H9N3O4/c1-4-9-6(10-15-4)7(12)11-2-5(3-11)8(13)14/h5H,2-3H2,1H3,(H,13,14). The molecule has 1 aliphatic rings. The molecular weight excluding hydrogens is 202 g/mol. The number of amides is 1. The van der Waals surface area contributed by atoms with Gasteiger partial charge in [0.25, 0.3) is 11.7 Å². The quantitative estimate of drug-likeness (QED) is 0.710. The monoisotopic (exact) mass is 211 g/mol. The van der Waals surface area contributed by atoms with Crippen LogP contribution in [0.5, 0.6) is 0 Å². The smallest absolute Gasteiger partial charge is 0.310 e. The molecule has 1 fully saturated rings. The molecule has 2 rings (SSSR count). The van der Waals surface area contributed by atoms with E-state index in [1.807, 2.05) is 0 Å². The van der Waals surface area contributed by atoms with Crippen LogP contribution >= 0.6 is 0 Å². The molecule has 7 heteroatoms. The van der Waals surface area contributed by atoms with Crippen molar-refractivity contribution >= 4 is 11.9 Å². The fraction of sp³-hybridized carbons (Fsp3) is 0.500. The first kappa shape index (κ1) is 9.63. The number of hydrogen-bond acceptors (Lipinski definition) is 5. The fourth-order valence-electron chi connectivity index (χ4n) is 1.33. The molecule has 0 aliphatic carbocycles. The van der Waals surface area contributed by atoms with E-state index in [-0.39, 0.29) is 24.8 Å². The van der Waals surface area contributed by atoms with E-state index in [2.05, 4.69) is 14.7 Å². The summed E-state index contributed by atoms with van der Waals surface area (Å²) >= 11 is 0. The van der Waals surface area contributed by atoms with Gasteiger partial charge in [-0.3, -0.25) is 9.59 Å². The van der Waals surface area contributed by atoms with Crippen LogP contribution in [0, 0.1) is 12.8 Å². The Balaban J connectivity index is 1.97. The van der Waals surface area contributed by atoms with Crippen molar-refractivity contribution in [3.05, 3.63) is 11.7 Å². The van der Waals surface area contributed by atoms with E-state index in [0.717, 1.165) is 0 Å². The maximum absolute atomic E-state index is 11.6. The summed E-state index contributed by atoms with van der Waals surface area (Å²) in [7, 11) is 0. The molecular formula is C8H9N3O4. The van der Waals surface area contributed by atoms with Gasteiger partial charge in [-0.15, -0.1) is 0 Å². The van der Waals surface area contributed by atoms with Gasteiger partial charge in [0.1, 0.15) is 0 Å². The van der Waals surface area contributed by atoms with Gasteiger partial charge in [0, 0.05) is 20.0 Å². The van der Waals surface area contributed by atoms with Crippen molar-refractivity contribution in [3.8, 4) is 0 Å². The third-order valence-corrected chi connectivity index (χ3v) is 2.24. The normalized spacial score (nSPS) is 16.2. The molecule has 2 heterocycles. The zero-order valence-electron chi connectivity index (χ0n) is 8.01. The Labute approximate surface area is 84.7 Å². The summed E-state index contributed by atoms with van der Waals surface area (Å²) in [4.78, 5) is 27.2. The second-order valence-electron chi connectivity index (χ2n) is 3.38. The molecule has 1 aromatic rings. The summed E-state index contributed by atoms with van der Waals surface area (Å²) in [6.07, 6.45) is 0. The Morgan fingerprint density at radius 3 is 2.67 bits per heavy atom. The summed E-state index contributed by atoms with van der Waals surface area (Å²) in [5.41, 5.74) is 0. The zero-order chi connectivity index (χ0) is 11.0. The maximum Gasteiger partial charge on any atom is 0.310 e. The predicted octanol–water partition coefficient (Wildman–Crippen LogP) is -0.465. The molecule has 15 heavy (non-hydrogen) atoms. The van der Waals surface area contributed by atoms with Crippen molar-refractivity contribution in [1.29, 1.82) is 0 Å². The van der Waals surface area contributed by atoms with E-state index < -0.39 is 11.9 Å². The lowest BCUT2D eigenvalue weighted by Crippen LogP contribution is -2.53. The van der Waals surface area contributed by atoms with Gasteiger partial charge in [0.2, 0.25) is 5.89 Å². The van der Waals surface area contributed by atoms with Crippen molar-refractivity contribution in [1.82, 2.24) is 15.0 Å². The largest absolute Gasteiger partial charge is 0.481 e. The predicted molar refractivity (Wildman–Crippen MR) is 46.1 cm³/mol. The molecule has 1 aliphatic heterocycles. The van der Waals surface area contributed by atoms with Crippen LogP contribution in [0.4, 0.5) is 0 Å². The zero-order valence-corrected chi connectivity index (χ0v) is 8.01. The third-order valence-electron chi connectivity index (χ3n) is 2.24. The van der Waals surface area contributed by atoms with Crippen LogP contribution in [0.3, 0.4) is 0 Å². The summed E-state index contributed by atoms with van der Waals surface area (Å²) in [6.45, 7) is 2.00. The third kappa shape index (κ3) is 1.67. The number of nitrogens with zero attached hydrogens (tertiary/aromatic N) is 3. The first-order valence-corrected chi connectivity index (χ1v) is 4.40. The average Bonchev–Trinajstić information content (AvgIpc) is 2.48. The Hall–Kier alpha value is -1.92. The molecule has 1 amide bonds. The van der Waals surface area contributed by atoms with Crippen LogP contribution in [-0.2, 0) is 4.79 Å². The molecule has 0 spiro atoms. The van der Waals surface area contributed by atoms with Gasteiger partial charge in [-0.05, 0) is 0 Å². The van der Waals surface area contributed by atoms with Crippen molar-refractivity contribution in [2.75, 3.05) is 13.1 Å². The van der Waals surface area contributed by atoms with Gasteiger partial charge in [0.15, 0.2) is 0 Å². The van der Waals surface area contributed by atoms with Gasteiger partial charge in [-0.1, -0.05) is 5.16 Å². The van der Waals surface area contributed by atoms with Crippen LogP contribution in [-0.4, -0.2) is 45.1 Å². The van der Waals surface area contributed by atoms with Crippen LogP contribution in [0.1, 0.15) is 16.5 Å². The highest BCUT2D eigenvalue weighted by atomic mass is 16.5. The van der Waals surface area contributed by atoms with Crippen LogP contribution in [0.2, 0.25) is 0 Å². The molecule has 7 nitrogen and oxygen atoms in total. The first-order chi connectivity index (χ1) is 7.08. The molecule has 1 N–H and O–H groups in total. The summed E-state index contributed by atoms with van der Waals surface area (Å²) in [5, 5.41) is 12.1. The van der Waals surface area contributed by atoms with Gasteiger partial charge in [-0.2, -0.15) is 4.98 Å². The van der Waals surface area contributed by atoms with Gasteiger partial charge in [-0.25, -0.2) is 0 Å². The minimum absolute atomic E-state index is 0.0173. The Morgan fingerprint density at radius 2 is 2.20 bits per heavy atom. The van der Waals surface area contributed by atoms with E-state index in [4.69, 9.17) is 5.11 Å². The minimum Gasteiger partial charge on any atom is -0.481 e. The molecule has 1 aromatic heterocycles. The van der Waals surface area contributed by atoms with Crippen molar-refractivity contribution < 1.29 is 19.2 Å². The Morgan fingerprint density at radius 1 is 1.53 bits per heavy atom. The van der Waals surface area contributed by atoms with E-state index in [0.29, 0.717) is 5.89 Å². The molecule has 0 bridgehead atoms. The number of carbonyl (C=O) groups is 2. The molecule has 0 aromatic carbocycles. The van der Waals surface area contributed by atoms with Crippen LogP contribution < -0.4 is 0 Å². The fourth-order valence-corrected chi connectivity index (χ4v) is 1.33. The van der Waals surface area contributed by atoms with Crippen molar-refractivity contribution in [2.24, 2.45) is 5.92 Å². The number of aliphatic carboxylic acids is 1. The highest BCUT2D eigenvalue weighted by molar-refractivity contribution is 5.92. The Kier molecular flexibility index (Phi) is 2.14. The molecule has 80 valence electrons. The number of aromatic nitrogens is 2. The van der Waals surface area contributed by atoms with E-state index >= 15 is 0 Å². The van der Waals surface area contributed by atoms with E-state index in [1.165, 1.54) is 4.90 Å². The maximum atomic E-state index is 11.6. The molecule has 1 saturated heterocycles. The number of aryl methyl sites for hydroxylation is 1. The molecule has 0 unspecified atom stereocenters. The highest BCUT2D eigenvalue weighted by Gasteiger charge is 2.37.